The Balaban J connectivity index is 2.38. The fourth-order valence-corrected chi connectivity index (χ4v) is 1.98. The lowest BCUT2D eigenvalue weighted by molar-refractivity contribution is 0.668. The van der Waals surface area contributed by atoms with E-state index in [2.05, 4.69) is 24.0 Å². The van der Waals surface area contributed by atoms with Crippen LogP contribution in [0.4, 0.5) is 0 Å². The molecule has 0 unspecified atom stereocenters. The van der Waals surface area contributed by atoms with Gasteiger partial charge in [-0.2, -0.15) is 5.10 Å². The first-order valence-electron chi connectivity index (χ1n) is 4.85. The highest BCUT2D eigenvalue weighted by molar-refractivity contribution is 5.29. The number of aromatic nitrogens is 2. The number of H-pyrrole nitrogens is 1. The van der Waals surface area contributed by atoms with Gasteiger partial charge in [-0.05, 0) is 37.2 Å². The smallest absolute Gasteiger partial charge is 0.0682 e. The van der Waals surface area contributed by atoms with Gasteiger partial charge in [0.2, 0.25) is 0 Å². The number of aryl methyl sites for hydroxylation is 1. The van der Waals surface area contributed by atoms with Crippen molar-refractivity contribution >= 4 is 0 Å². The summed E-state index contributed by atoms with van der Waals surface area (Å²) in [5.74, 6) is 0.572. The zero-order valence-corrected chi connectivity index (χ0v) is 7.85. The SMILES string of the molecule is CC(C)c1n[nH]c2c1CCCC2. The van der Waals surface area contributed by atoms with Crippen molar-refractivity contribution in [3.63, 3.8) is 0 Å². The van der Waals surface area contributed by atoms with Gasteiger partial charge in [0.15, 0.2) is 0 Å². The molecule has 2 heteroatoms. The molecular formula is C10H16N2. The summed E-state index contributed by atoms with van der Waals surface area (Å²) in [4.78, 5) is 0. The van der Waals surface area contributed by atoms with Crippen molar-refractivity contribution in [2.45, 2.75) is 45.4 Å². The quantitative estimate of drug-likeness (QED) is 0.678. The third-order valence-electron chi connectivity index (χ3n) is 2.64. The minimum atomic E-state index is 0.572. The van der Waals surface area contributed by atoms with Crippen LogP contribution in [-0.2, 0) is 12.8 Å². The number of aromatic amines is 1. The second kappa shape index (κ2) is 2.92. The van der Waals surface area contributed by atoms with E-state index in [0.29, 0.717) is 5.92 Å². The Morgan fingerprint density at radius 1 is 1.25 bits per heavy atom. The van der Waals surface area contributed by atoms with Gasteiger partial charge in [0.1, 0.15) is 0 Å². The van der Waals surface area contributed by atoms with Crippen LogP contribution in [0.25, 0.3) is 0 Å². The van der Waals surface area contributed by atoms with E-state index < -0.39 is 0 Å². The zero-order chi connectivity index (χ0) is 8.55. The molecule has 0 amide bonds. The van der Waals surface area contributed by atoms with Crippen molar-refractivity contribution in [1.29, 1.82) is 0 Å². The first-order chi connectivity index (χ1) is 5.79. The molecule has 0 fully saturated rings. The van der Waals surface area contributed by atoms with Crippen LogP contribution >= 0.6 is 0 Å². The van der Waals surface area contributed by atoms with Crippen molar-refractivity contribution in [2.24, 2.45) is 0 Å². The van der Waals surface area contributed by atoms with Gasteiger partial charge >= 0.3 is 0 Å². The maximum atomic E-state index is 4.37. The zero-order valence-electron chi connectivity index (χ0n) is 7.85. The summed E-state index contributed by atoms with van der Waals surface area (Å²) in [7, 11) is 0. The Hall–Kier alpha value is -0.790. The molecule has 0 aliphatic heterocycles. The van der Waals surface area contributed by atoms with Crippen molar-refractivity contribution in [3.05, 3.63) is 17.0 Å². The molecule has 2 nitrogen and oxygen atoms in total. The summed E-state index contributed by atoms with van der Waals surface area (Å²) >= 11 is 0. The monoisotopic (exact) mass is 164 g/mol. The van der Waals surface area contributed by atoms with E-state index >= 15 is 0 Å². The van der Waals surface area contributed by atoms with Gasteiger partial charge in [0.05, 0.1) is 5.69 Å². The predicted octanol–water partition coefficient (Wildman–Crippen LogP) is 2.41. The number of nitrogens with one attached hydrogen (secondary N) is 1. The third-order valence-corrected chi connectivity index (χ3v) is 2.64. The summed E-state index contributed by atoms with van der Waals surface area (Å²) in [5, 5.41) is 7.53. The van der Waals surface area contributed by atoms with Gasteiger partial charge in [0, 0.05) is 5.69 Å². The molecule has 0 saturated carbocycles. The molecule has 1 aromatic heterocycles. The number of rotatable bonds is 1. The lowest BCUT2D eigenvalue weighted by Crippen LogP contribution is -2.03. The summed E-state index contributed by atoms with van der Waals surface area (Å²) < 4.78 is 0. The molecule has 66 valence electrons. The molecule has 0 radical (unpaired) electrons. The van der Waals surface area contributed by atoms with E-state index in [-0.39, 0.29) is 0 Å². The van der Waals surface area contributed by atoms with Crippen LogP contribution < -0.4 is 0 Å². The highest BCUT2D eigenvalue weighted by Crippen LogP contribution is 2.26. The lowest BCUT2D eigenvalue weighted by atomic mass is 9.93. The first kappa shape index (κ1) is 7.84. The van der Waals surface area contributed by atoms with E-state index in [9.17, 15) is 0 Å². The molecule has 0 saturated heterocycles. The van der Waals surface area contributed by atoms with Gasteiger partial charge in [-0.15, -0.1) is 0 Å². The fraction of sp³-hybridized carbons (Fsp3) is 0.700. The normalized spacial score (nSPS) is 16.6. The third kappa shape index (κ3) is 1.15. The molecule has 12 heavy (non-hydrogen) atoms. The molecule has 2 rings (SSSR count). The van der Waals surface area contributed by atoms with Crippen molar-refractivity contribution in [1.82, 2.24) is 10.2 Å². The fourth-order valence-electron chi connectivity index (χ4n) is 1.98. The summed E-state index contributed by atoms with van der Waals surface area (Å²) in [5.41, 5.74) is 4.20. The Bertz CT molecular complexity index is 273. The largest absolute Gasteiger partial charge is 0.282 e. The minimum Gasteiger partial charge on any atom is -0.282 e. The Morgan fingerprint density at radius 2 is 2.00 bits per heavy atom. The molecule has 1 heterocycles. The average molecular weight is 164 g/mol. The molecule has 0 spiro atoms. The van der Waals surface area contributed by atoms with Crippen molar-refractivity contribution in [3.8, 4) is 0 Å². The Labute approximate surface area is 73.4 Å². The maximum Gasteiger partial charge on any atom is 0.0682 e. The van der Waals surface area contributed by atoms with Gasteiger partial charge in [0.25, 0.3) is 0 Å². The van der Waals surface area contributed by atoms with Crippen LogP contribution in [0.3, 0.4) is 0 Å². The highest BCUT2D eigenvalue weighted by Gasteiger charge is 2.17. The molecular weight excluding hydrogens is 148 g/mol. The minimum absolute atomic E-state index is 0.572. The first-order valence-corrected chi connectivity index (χ1v) is 4.85. The van der Waals surface area contributed by atoms with Gasteiger partial charge in [-0.1, -0.05) is 13.8 Å². The van der Waals surface area contributed by atoms with Crippen LogP contribution in [0.2, 0.25) is 0 Å². The number of nitrogens with zero attached hydrogens (tertiary/aromatic N) is 1. The number of hydrogen-bond donors (Lipinski definition) is 1. The van der Waals surface area contributed by atoms with Crippen LogP contribution in [0.1, 0.15) is 49.6 Å². The Kier molecular flexibility index (Phi) is 1.91. The standard InChI is InChI=1S/C10H16N2/c1-7(2)10-8-5-3-4-6-9(8)11-12-10/h7H,3-6H2,1-2H3,(H,11,12). The van der Waals surface area contributed by atoms with Gasteiger partial charge < -0.3 is 0 Å². The molecule has 0 aromatic carbocycles. The second-order valence-electron chi connectivity index (χ2n) is 3.93. The van der Waals surface area contributed by atoms with E-state index in [4.69, 9.17) is 0 Å². The summed E-state index contributed by atoms with van der Waals surface area (Å²) in [6.07, 6.45) is 5.10. The van der Waals surface area contributed by atoms with E-state index in [1.165, 1.54) is 42.6 Å². The lowest BCUT2D eigenvalue weighted by Gasteiger charge is -2.12. The van der Waals surface area contributed by atoms with Gasteiger partial charge in [-0.25, -0.2) is 0 Å². The van der Waals surface area contributed by atoms with Crippen LogP contribution in [-0.4, -0.2) is 10.2 Å². The van der Waals surface area contributed by atoms with E-state index in [1.807, 2.05) is 0 Å². The van der Waals surface area contributed by atoms with E-state index in [1.54, 1.807) is 0 Å². The van der Waals surface area contributed by atoms with Crippen molar-refractivity contribution < 1.29 is 0 Å². The molecule has 0 atom stereocenters. The molecule has 0 bridgehead atoms. The van der Waals surface area contributed by atoms with Crippen LogP contribution in [0.5, 0.6) is 0 Å². The maximum absolute atomic E-state index is 4.37. The number of fused-ring (bicyclic) bond motifs is 1. The molecule has 1 aliphatic carbocycles. The van der Waals surface area contributed by atoms with Crippen LogP contribution in [0, 0.1) is 0 Å². The number of hydrogen-bond acceptors (Lipinski definition) is 1. The molecule has 1 aromatic rings. The molecule has 1 N–H and O–H groups in total. The predicted molar refractivity (Wildman–Crippen MR) is 49.3 cm³/mol. The van der Waals surface area contributed by atoms with Crippen molar-refractivity contribution in [2.75, 3.05) is 0 Å². The highest BCUT2D eigenvalue weighted by atomic mass is 15.1. The second-order valence-corrected chi connectivity index (χ2v) is 3.93. The topological polar surface area (TPSA) is 28.7 Å². The van der Waals surface area contributed by atoms with Gasteiger partial charge in [-0.3, -0.25) is 5.10 Å². The summed E-state index contributed by atoms with van der Waals surface area (Å²) in [6.45, 7) is 4.43. The molecule has 1 aliphatic rings. The average Bonchev–Trinajstić information content (AvgIpc) is 2.47. The Morgan fingerprint density at radius 3 is 2.75 bits per heavy atom. The summed E-state index contributed by atoms with van der Waals surface area (Å²) in [6, 6.07) is 0. The van der Waals surface area contributed by atoms with E-state index in [0.717, 1.165) is 0 Å². The van der Waals surface area contributed by atoms with Crippen LogP contribution in [0.15, 0.2) is 0 Å².